The van der Waals surface area contributed by atoms with Gasteiger partial charge in [-0.25, -0.2) is 4.79 Å². The summed E-state index contributed by atoms with van der Waals surface area (Å²) < 4.78 is 10.1. The lowest BCUT2D eigenvalue weighted by Gasteiger charge is -2.08. The van der Waals surface area contributed by atoms with Crippen molar-refractivity contribution in [3.8, 4) is 5.75 Å². The molecule has 1 aromatic rings. The highest BCUT2D eigenvalue weighted by atomic mass is 16.6. The Kier molecular flexibility index (Phi) is 6.43. The third kappa shape index (κ3) is 6.45. The highest BCUT2D eigenvalue weighted by Gasteiger charge is 2.03. The van der Waals surface area contributed by atoms with Crippen LogP contribution >= 0.6 is 0 Å². The summed E-state index contributed by atoms with van der Waals surface area (Å²) in [5.41, 5.74) is 1.04. The Morgan fingerprint density at radius 1 is 1.32 bits per heavy atom. The van der Waals surface area contributed by atoms with Crippen LogP contribution in [0.2, 0.25) is 0 Å². The maximum Gasteiger partial charge on any atom is 0.344 e. The third-order valence-electron chi connectivity index (χ3n) is 2.35. The van der Waals surface area contributed by atoms with E-state index in [-0.39, 0.29) is 18.5 Å². The molecule has 0 aromatic heterocycles. The first-order chi connectivity index (χ1) is 9.11. The number of carbonyl (C=O) groups is 2. The monoisotopic (exact) mass is 265 g/mol. The molecule has 0 unspecified atom stereocenters. The third-order valence-corrected chi connectivity index (χ3v) is 2.35. The van der Waals surface area contributed by atoms with E-state index in [1.54, 1.807) is 13.0 Å². The summed E-state index contributed by atoms with van der Waals surface area (Å²) in [4.78, 5) is 21.9. The zero-order chi connectivity index (χ0) is 14.1. The van der Waals surface area contributed by atoms with Crippen LogP contribution in [0.15, 0.2) is 24.3 Å². The second kappa shape index (κ2) is 8.13. The largest absolute Gasteiger partial charge is 0.482 e. The van der Waals surface area contributed by atoms with Gasteiger partial charge in [0, 0.05) is 13.5 Å². The Hall–Kier alpha value is -2.04. The standard InChI is InChI=1S/C14H19NO4/c1-3-18-14(17)10-19-13-6-4-5-12(9-13)7-8-15-11(2)16/h4-6,9H,3,7-8,10H2,1-2H3,(H,15,16). The van der Waals surface area contributed by atoms with Crippen LogP contribution in [-0.2, 0) is 20.7 Å². The number of ether oxygens (including phenoxy) is 2. The van der Waals surface area contributed by atoms with Gasteiger partial charge in [0.1, 0.15) is 5.75 Å². The van der Waals surface area contributed by atoms with E-state index < -0.39 is 0 Å². The summed E-state index contributed by atoms with van der Waals surface area (Å²) in [5.74, 6) is 0.189. The predicted molar refractivity (Wildman–Crippen MR) is 71.0 cm³/mol. The quantitative estimate of drug-likeness (QED) is 0.755. The van der Waals surface area contributed by atoms with Crippen LogP contribution in [0.3, 0.4) is 0 Å². The van der Waals surface area contributed by atoms with Crippen molar-refractivity contribution in [3.05, 3.63) is 29.8 Å². The van der Waals surface area contributed by atoms with Gasteiger partial charge in [-0.2, -0.15) is 0 Å². The van der Waals surface area contributed by atoms with Crippen molar-refractivity contribution in [1.29, 1.82) is 0 Å². The van der Waals surface area contributed by atoms with Crippen molar-refractivity contribution in [3.63, 3.8) is 0 Å². The number of amides is 1. The molecule has 0 atom stereocenters. The molecule has 1 amide bonds. The Morgan fingerprint density at radius 3 is 2.79 bits per heavy atom. The van der Waals surface area contributed by atoms with Crippen LogP contribution in [0.5, 0.6) is 5.75 Å². The molecular formula is C14H19NO4. The molecule has 0 heterocycles. The molecule has 5 nitrogen and oxygen atoms in total. The molecule has 1 N–H and O–H groups in total. The van der Waals surface area contributed by atoms with Crippen LogP contribution in [0.1, 0.15) is 19.4 Å². The number of nitrogens with one attached hydrogen (secondary N) is 1. The van der Waals surface area contributed by atoms with Gasteiger partial charge in [0.15, 0.2) is 6.61 Å². The van der Waals surface area contributed by atoms with Gasteiger partial charge in [0.05, 0.1) is 6.61 Å². The van der Waals surface area contributed by atoms with Gasteiger partial charge in [-0.05, 0) is 31.0 Å². The summed E-state index contributed by atoms with van der Waals surface area (Å²) >= 11 is 0. The van der Waals surface area contributed by atoms with Crippen LogP contribution in [0.25, 0.3) is 0 Å². The summed E-state index contributed by atoms with van der Waals surface area (Å²) in [6, 6.07) is 7.42. The minimum Gasteiger partial charge on any atom is -0.482 e. The molecule has 0 aliphatic carbocycles. The first kappa shape index (κ1) is 15.0. The average Bonchev–Trinajstić information content (AvgIpc) is 2.37. The van der Waals surface area contributed by atoms with Crippen LogP contribution in [0.4, 0.5) is 0 Å². The average molecular weight is 265 g/mol. The predicted octanol–water partition coefficient (Wildman–Crippen LogP) is 1.31. The maximum atomic E-state index is 11.2. The molecule has 0 bridgehead atoms. The van der Waals surface area contributed by atoms with E-state index in [0.717, 1.165) is 12.0 Å². The van der Waals surface area contributed by atoms with Crippen molar-refractivity contribution in [2.45, 2.75) is 20.3 Å². The van der Waals surface area contributed by atoms with E-state index in [9.17, 15) is 9.59 Å². The molecule has 0 aliphatic heterocycles. The van der Waals surface area contributed by atoms with Gasteiger partial charge in [-0.3, -0.25) is 4.79 Å². The van der Waals surface area contributed by atoms with Gasteiger partial charge in [-0.1, -0.05) is 12.1 Å². The second-order valence-corrected chi connectivity index (χ2v) is 3.97. The molecule has 0 aliphatic rings. The maximum absolute atomic E-state index is 11.2. The fourth-order valence-electron chi connectivity index (χ4n) is 1.52. The lowest BCUT2D eigenvalue weighted by Crippen LogP contribution is -2.22. The molecule has 0 radical (unpaired) electrons. The van der Waals surface area contributed by atoms with Crippen molar-refractivity contribution >= 4 is 11.9 Å². The Bertz CT molecular complexity index is 431. The Morgan fingerprint density at radius 2 is 2.11 bits per heavy atom. The molecule has 0 fully saturated rings. The lowest BCUT2D eigenvalue weighted by molar-refractivity contribution is -0.145. The molecule has 19 heavy (non-hydrogen) atoms. The highest BCUT2D eigenvalue weighted by Crippen LogP contribution is 2.13. The van der Waals surface area contributed by atoms with Gasteiger partial charge >= 0.3 is 5.97 Å². The second-order valence-electron chi connectivity index (χ2n) is 3.97. The summed E-state index contributed by atoms with van der Waals surface area (Å²) in [7, 11) is 0. The smallest absolute Gasteiger partial charge is 0.344 e. The zero-order valence-electron chi connectivity index (χ0n) is 11.3. The Labute approximate surface area is 112 Å². The molecule has 1 aromatic carbocycles. The molecule has 0 saturated carbocycles. The summed E-state index contributed by atoms with van der Waals surface area (Å²) in [5, 5.41) is 2.73. The van der Waals surface area contributed by atoms with E-state index in [1.165, 1.54) is 6.92 Å². The molecule has 5 heteroatoms. The van der Waals surface area contributed by atoms with Crippen LogP contribution < -0.4 is 10.1 Å². The summed E-state index contributed by atoms with van der Waals surface area (Å²) in [6.07, 6.45) is 0.718. The molecule has 0 saturated heterocycles. The van der Waals surface area contributed by atoms with E-state index in [2.05, 4.69) is 5.32 Å². The number of esters is 1. The number of hydrogen-bond acceptors (Lipinski definition) is 4. The van der Waals surface area contributed by atoms with Crippen LogP contribution in [0, 0.1) is 0 Å². The number of carbonyl (C=O) groups excluding carboxylic acids is 2. The molecule has 1 rings (SSSR count). The minimum absolute atomic E-state index is 0.0466. The van der Waals surface area contributed by atoms with Gasteiger partial charge < -0.3 is 14.8 Å². The topological polar surface area (TPSA) is 64.6 Å². The van der Waals surface area contributed by atoms with Crippen molar-refractivity contribution in [2.75, 3.05) is 19.8 Å². The number of rotatable bonds is 7. The number of benzene rings is 1. The lowest BCUT2D eigenvalue weighted by atomic mass is 10.1. The fraction of sp³-hybridized carbons (Fsp3) is 0.429. The van der Waals surface area contributed by atoms with E-state index >= 15 is 0 Å². The van der Waals surface area contributed by atoms with E-state index in [4.69, 9.17) is 9.47 Å². The van der Waals surface area contributed by atoms with Gasteiger partial charge in [0.25, 0.3) is 0 Å². The first-order valence-corrected chi connectivity index (χ1v) is 6.23. The molecule has 104 valence electrons. The Balaban J connectivity index is 2.43. The SMILES string of the molecule is CCOC(=O)COc1cccc(CCNC(C)=O)c1. The van der Waals surface area contributed by atoms with E-state index in [0.29, 0.717) is 18.9 Å². The van der Waals surface area contributed by atoms with Gasteiger partial charge in [0.2, 0.25) is 5.91 Å². The first-order valence-electron chi connectivity index (χ1n) is 6.23. The minimum atomic E-state index is -0.383. The van der Waals surface area contributed by atoms with Crippen LogP contribution in [-0.4, -0.2) is 31.6 Å². The van der Waals surface area contributed by atoms with Crippen molar-refractivity contribution in [2.24, 2.45) is 0 Å². The highest BCUT2D eigenvalue weighted by molar-refractivity contribution is 5.72. The van der Waals surface area contributed by atoms with Gasteiger partial charge in [-0.15, -0.1) is 0 Å². The fourth-order valence-corrected chi connectivity index (χ4v) is 1.52. The molecular weight excluding hydrogens is 246 g/mol. The van der Waals surface area contributed by atoms with Crippen molar-refractivity contribution < 1.29 is 19.1 Å². The number of hydrogen-bond donors (Lipinski definition) is 1. The zero-order valence-corrected chi connectivity index (χ0v) is 11.3. The summed E-state index contributed by atoms with van der Waals surface area (Å²) in [6.45, 7) is 4.07. The van der Waals surface area contributed by atoms with E-state index in [1.807, 2.05) is 18.2 Å². The normalized spacial score (nSPS) is 9.79. The van der Waals surface area contributed by atoms with Crippen molar-refractivity contribution in [1.82, 2.24) is 5.32 Å². The molecule has 0 spiro atoms.